The van der Waals surface area contributed by atoms with Gasteiger partial charge < -0.3 is 21.1 Å². The molecule has 2 heterocycles. The fraction of sp³-hybridized carbons (Fsp3) is 0.692. The van der Waals surface area contributed by atoms with Gasteiger partial charge in [0, 0.05) is 13.2 Å². The van der Waals surface area contributed by atoms with Crippen LogP contribution < -0.4 is 21.5 Å². The van der Waals surface area contributed by atoms with Crippen LogP contribution in [0.2, 0.25) is 0 Å². The minimum atomic E-state index is -0.225. The summed E-state index contributed by atoms with van der Waals surface area (Å²) in [6.45, 7) is 1.62. The van der Waals surface area contributed by atoms with Gasteiger partial charge >= 0.3 is 0 Å². The number of hydrogen-bond acceptors (Lipinski definition) is 6. The summed E-state index contributed by atoms with van der Waals surface area (Å²) in [6, 6.07) is 0. The maximum Gasteiger partial charge on any atom is 0.277 e. The number of nitrogens with one attached hydrogen (secondary N) is 2. The van der Waals surface area contributed by atoms with E-state index in [2.05, 4.69) is 20.2 Å². The number of fused-ring (bicyclic) bond motifs is 1. The molecule has 7 heteroatoms. The highest BCUT2D eigenvalue weighted by molar-refractivity contribution is 5.70. The molecule has 1 aromatic rings. The molecule has 2 atom stereocenters. The Morgan fingerprint density at radius 2 is 2.10 bits per heavy atom. The van der Waals surface area contributed by atoms with Crippen LogP contribution in [0.25, 0.3) is 0 Å². The van der Waals surface area contributed by atoms with Crippen molar-refractivity contribution in [2.75, 3.05) is 35.8 Å². The minimum Gasteiger partial charge on any atom is -0.396 e. The van der Waals surface area contributed by atoms with E-state index in [1.807, 2.05) is 0 Å². The fourth-order valence-electron chi connectivity index (χ4n) is 3.32. The van der Waals surface area contributed by atoms with Crippen molar-refractivity contribution in [1.82, 2.24) is 9.97 Å². The van der Waals surface area contributed by atoms with E-state index in [0.717, 1.165) is 19.4 Å². The van der Waals surface area contributed by atoms with Crippen LogP contribution in [-0.2, 0) is 0 Å². The Morgan fingerprint density at radius 3 is 2.85 bits per heavy atom. The van der Waals surface area contributed by atoms with Crippen LogP contribution in [0.3, 0.4) is 0 Å². The van der Waals surface area contributed by atoms with Gasteiger partial charge in [0.1, 0.15) is 5.69 Å². The molecule has 1 fully saturated rings. The summed E-state index contributed by atoms with van der Waals surface area (Å²) in [6.07, 6.45) is 4.61. The Hall–Kier alpha value is -1.76. The highest BCUT2D eigenvalue weighted by atomic mass is 16.3. The molecule has 1 aliphatic heterocycles. The number of hydrogen-bond donors (Lipinski definition) is 4. The molecule has 3 rings (SSSR count). The van der Waals surface area contributed by atoms with Crippen molar-refractivity contribution in [3.05, 3.63) is 10.4 Å². The third kappa shape index (κ3) is 2.33. The summed E-state index contributed by atoms with van der Waals surface area (Å²) in [7, 11) is 0. The molecule has 2 unspecified atom stereocenters. The van der Waals surface area contributed by atoms with Crippen LogP contribution in [0.5, 0.6) is 0 Å². The molecule has 1 aliphatic carbocycles. The highest BCUT2D eigenvalue weighted by Gasteiger charge is 2.30. The van der Waals surface area contributed by atoms with Crippen molar-refractivity contribution >= 4 is 17.5 Å². The zero-order valence-corrected chi connectivity index (χ0v) is 11.4. The lowest BCUT2D eigenvalue weighted by molar-refractivity contribution is 0.137. The number of nitrogens with zero attached hydrogens (tertiary/aromatic N) is 2. The van der Waals surface area contributed by atoms with Crippen LogP contribution >= 0.6 is 0 Å². The zero-order valence-electron chi connectivity index (χ0n) is 11.4. The predicted octanol–water partition coefficient (Wildman–Crippen LogP) is 0.340. The van der Waals surface area contributed by atoms with Crippen molar-refractivity contribution in [2.24, 2.45) is 11.8 Å². The maximum absolute atomic E-state index is 11.8. The van der Waals surface area contributed by atoms with Gasteiger partial charge in [-0.15, -0.1) is 0 Å². The molecule has 20 heavy (non-hydrogen) atoms. The lowest BCUT2D eigenvalue weighted by Gasteiger charge is -2.33. The van der Waals surface area contributed by atoms with E-state index in [9.17, 15) is 9.90 Å². The standard InChI is InChI=1S/C13H21N5O2/c14-13-16-11-10(12(20)17-13)15-7-18(11)5-8-3-1-2-4-9(8)6-19/h8-9,15,19H,1-7H2,(H3,14,16,17,20). The van der Waals surface area contributed by atoms with E-state index in [-0.39, 0.29) is 18.1 Å². The fourth-order valence-corrected chi connectivity index (χ4v) is 3.32. The molecule has 0 bridgehead atoms. The van der Waals surface area contributed by atoms with Crippen molar-refractivity contribution in [2.45, 2.75) is 25.7 Å². The normalized spacial score (nSPS) is 25.4. The van der Waals surface area contributed by atoms with Gasteiger partial charge in [0.25, 0.3) is 5.56 Å². The van der Waals surface area contributed by atoms with E-state index in [1.165, 1.54) is 12.8 Å². The monoisotopic (exact) mass is 279 g/mol. The van der Waals surface area contributed by atoms with Gasteiger partial charge in [-0.3, -0.25) is 9.78 Å². The summed E-state index contributed by atoms with van der Waals surface area (Å²) in [5.74, 6) is 1.58. The number of aromatic amines is 1. The lowest BCUT2D eigenvalue weighted by Crippen LogP contribution is -2.36. The molecule has 110 valence electrons. The SMILES string of the molecule is Nc1nc2c(c(=O)[nH]1)NCN2CC1CCCCC1CO. The molecule has 1 aromatic heterocycles. The first-order valence-electron chi connectivity index (χ1n) is 7.18. The zero-order chi connectivity index (χ0) is 14.1. The summed E-state index contributed by atoms with van der Waals surface area (Å²) in [4.78, 5) is 20.6. The molecule has 2 aliphatic rings. The molecule has 0 amide bonds. The molecule has 0 aromatic carbocycles. The summed E-state index contributed by atoms with van der Waals surface area (Å²) < 4.78 is 0. The first kappa shape index (κ1) is 13.2. The Morgan fingerprint density at radius 1 is 1.35 bits per heavy atom. The van der Waals surface area contributed by atoms with Crippen molar-refractivity contribution < 1.29 is 5.11 Å². The predicted molar refractivity (Wildman–Crippen MR) is 77.6 cm³/mol. The van der Waals surface area contributed by atoms with Crippen molar-refractivity contribution in [3.8, 4) is 0 Å². The number of anilines is 3. The van der Waals surface area contributed by atoms with Crippen LogP contribution in [-0.4, -0.2) is 34.9 Å². The number of nitrogen functional groups attached to an aromatic ring is 1. The second-order valence-corrected chi connectivity index (χ2v) is 5.69. The van der Waals surface area contributed by atoms with Crippen LogP contribution in [0, 0.1) is 11.8 Å². The van der Waals surface area contributed by atoms with E-state index in [4.69, 9.17) is 5.73 Å². The Balaban J connectivity index is 1.79. The van der Waals surface area contributed by atoms with E-state index < -0.39 is 0 Å². The lowest BCUT2D eigenvalue weighted by atomic mass is 9.79. The largest absolute Gasteiger partial charge is 0.396 e. The van der Waals surface area contributed by atoms with Gasteiger partial charge in [-0.2, -0.15) is 4.98 Å². The number of nitrogens with two attached hydrogens (primary N) is 1. The number of H-pyrrole nitrogens is 1. The Kier molecular flexibility index (Phi) is 3.52. The molecule has 5 N–H and O–H groups in total. The van der Waals surface area contributed by atoms with Crippen LogP contribution in [0.4, 0.5) is 17.5 Å². The van der Waals surface area contributed by atoms with Gasteiger partial charge in [0.2, 0.25) is 5.95 Å². The van der Waals surface area contributed by atoms with Crippen molar-refractivity contribution in [3.63, 3.8) is 0 Å². The molecular formula is C13H21N5O2. The second-order valence-electron chi connectivity index (χ2n) is 5.69. The smallest absolute Gasteiger partial charge is 0.277 e. The summed E-state index contributed by atoms with van der Waals surface area (Å²) in [5, 5.41) is 12.6. The topological polar surface area (TPSA) is 107 Å². The van der Waals surface area contributed by atoms with Crippen LogP contribution in [0.1, 0.15) is 25.7 Å². The minimum absolute atomic E-state index is 0.143. The molecular weight excluding hydrogens is 258 g/mol. The average molecular weight is 279 g/mol. The Bertz CT molecular complexity index is 544. The molecule has 0 saturated heterocycles. The third-order valence-electron chi connectivity index (χ3n) is 4.42. The van der Waals surface area contributed by atoms with Gasteiger partial charge in [-0.1, -0.05) is 12.8 Å². The van der Waals surface area contributed by atoms with Gasteiger partial charge in [-0.25, -0.2) is 0 Å². The Labute approximate surface area is 117 Å². The van der Waals surface area contributed by atoms with E-state index in [0.29, 0.717) is 30.0 Å². The first-order chi connectivity index (χ1) is 9.69. The van der Waals surface area contributed by atoms with Gasteiger partial charge in [-0.05, 0) is 24.7 Å². The maximum atomic E-state index is 11.8. The van der Waals surface area contributed by atoms with E-state index >= 15 is 0 Å². The van der Waals surface area contributed by atoms with E-state index in [1.54, 1.807) is 0 Å². The second kappa shape index (κ2) is 5.32. The van der Waals surface area contributed by atoms with Gasteiger partial charge in [0.05, 0.1) is 6.67 Å². The molecule has 0 spiro atoms. The van der Waals surface area contributed by atoms with Gasteiger partial charge in [0.15, 0.2) is 5.82 Å². The molecule has 0 radical (unpaired) electrons. The number of aliphatic hydroxyl groups is 1. The summed E-state index contributed by atoms with van der Waals surface area (Å²) in [5.41, 5.74) is 5.89. The van der Waals surface area contributed by atoms with Crippen molar-refractivity contribution in [1.29, 1.82) is 0 Å². The van der Waals surface area contributed by atoms with Crippen LogP contribution in [0.15, 0.2) is 4.79 Å². The average Bonchev–Trinajstić information content (AvgIpc) is 2.83. The number of aromatic nitrogens is 2. The summed E-state index contributed by atoms with van der Waals surface area (Å²) >= 11 is 0. The number of aliphatic hydroxyl groups excluding tert-OH is 1. The highest BCUT2D eigenvalue weighted by Crippen LogP contribution is 2.33. The number of rotatable bonds is 3. The first-order valence-corrected chi connectivity index (χ1v) is 7.18. The molecule has 7 nitrogen and oxygen atoms in total. The quantitative estimate of drug-likeness (QED) is 0.635. The third-order valence-corrected chi connectivity index (χ3v) is 4.42. The molecule has 1 saturated carbocycles.